The number of aryl methyl sites for hydroxylation is 1. The summed E-state index contributed by atoms with van der Waals surface area (Å²) >= 11 is 0. The third-order valence-corrected chi connectivity index (χ3v) is 2.48. The first-order chi connectivity index (χ1) is 7.38. The molecule has 3 heteroatoms. The highest BCUT2D eigenvalue weighted by Gasteiger charge is 1.99. The topological polar surface area (TPSA) is 26.2 Å². The lowest BCUT2D eigenvalue weighted by Crippen LogP contribution is -2.15. The zero-order valence-corrected chi connectivity index (χ0v) is 9.83. The maximum absolute atomic E-state index is 5.03. The van der Waals surface area contributed by atoms with Crippen LogP contribution < -0.4 is 5.32 Å². The number of aromatic nitrogens is 1. The fourth-order valence-electron chi connectivity index (χ4n) is 1.61. The number of methoxy groups -OCH3 is 1. The van der Waals surface area contributed by atoms with Gasteiger partial charge in [0, 0.05) is 38.7 Å². The van der Waals surface area contributed by atoms with Crippen LogP contribution in [0.2, 0.25) is 0 Å². The zero-order valence-electron chi connectivity index (χ0n) is 9.83. The number of nitrogens with one attached hydrogen (secondary N) is 1. The van der Waals surface area contributed by atoms with Gasteiger partial charge >= 0.3 is 0 Å². The molecule has 0 saturated heterocycles. The summed E-state index contributed by atoms with van der Waals surface area (Å²) in [7, 11) is 1.76. The van der Waals surface area contributed by atoms with Gasteiger partial charge in [-0.15, -0.1) is 0 Å². The summed E-state index contributed by atoms with van der Waals surface area (Å²) < 4.78 is 7.35. The Bertz CT molecular complexity index is 258. The van der Waals surface area contributed by atoms with Gasteiger partial charge in [0.2, 0.25) is 0 Å². The molecule has 0 amide bonds. The molecule has 0 spiro atoms. The Morgan fingerprint density at radius 3 is 3.00 bits per heavy atom. The lowest BCUT2D eigenvalue weighted by Gasteiger charge is -2.09. The Kier molecular flexibility index (Phi) is 6.12. The van der Waals surface area contributed by atoms with Crippen molar-refractivity contribution in [1.82, 2.24) is 9.88 Å². The number of ether oxygens (including phenoxy) is 1. The zero-order chi connectivity index (χ0) is 10.9. The average Bonchev–Trinajstić information content (AvgIpc) is 2.69. The number of nitrogens with zero attached hydrogens (tertiary/aromatic N) is 1. The Balaban J connectivity index is 2.29. The third-order valence-electron chi connectivity index (χ3n) is 2.48. The quantitative estimate of drug-likeness (QED) is 0.664. The molecule has 0 radical (unpaired) electrons. The first kappa shape index (κ1) is 12.3. The van der Waals surface area contributed by atoms with Crippen LogP contribution in [0, 0.1) is 0 Å². The van der Waals surface area contributed by atoms with Gasteiger partial charge in [-0.05, 0) is 31.5 Å². The molecule has 1 aromatic rings. The molecule has 15 heavy (non-hydrogen) atoms. The molecule has 1 N–H and O–H groups in total. The van der Waals surface area contributed by atoms with E-state index in [0.29, 0.717) is 0 Å². The van der Waals surface area contributed by atoms with Crippen molar-refractivity contribution in [1.29, 1.82) is 0 Å². The molecule has 1 aromatic heterocycles. The summed E-state index contributed by atoms with van der Waals surface area (Å²) in [6.45, 7) is 6.08. The predicted molar refractivity (Wildman–Crippen MR) is 62.9 cm³/mol. The first-order valence-corrected chi connectivity index (χ1v) is 5.72. The Hall–Kier alpha value is -0.800. The molecule has 0 unspecified atom stereocenters. The molecule has 86 valence electrons. The van der Waals surface area contributed by atoms with Crippen LogP contribution in [0.25, 0.3) is 0 Å². The minimum absolute atomic E-state index is 0.865. The highest BCUT2D eigenvalue weighted by atomic mass is 16.5. The summed E-state index contributed by atoms with van der Waals surface area (Å²) in [5, 5.41) is 3.35. The second-order valence-electron chi connectivity index (χ2n) is 3.67. The van der Waals surface area contributed by atoms with E-state index in [4.69, 9.17) is 4.74 Å². The molecule has 0 saturated carbocycles. The van der Waals surface area contributed by atoms with Gasteiger partial charge in [-0.25, -0.2) is 0 Å². The molecular weight excluding hydrogens is 188 g/mol. The van der Waals surface area contributed by atoms with Gasteiger partial charge in [0.25, 0.3) is 0 Å². The summed E-state index contributed by atoms with van der Waals surface area (Å²) in [4.78, 5) is 0. The normalized spacial score (nSPS) is 10.8. The summed E-state index contributed by atoms with van der Waals surface area (Å²) in [5.74, 6) is 0. The van der Waals surface area contributed by atoms with Crippen LogP contribution in [0.1, 0.15) is 25.5 Å². The van der Waals surface area contributed by atoms with Gasteiger partial charge < -0.3 is 14.6 Å². The molecule has 1 rings (SSSR count). The van der Waals surface area contributed by atoms with E-state index in [2.05, 4.69) is 35.1 Å². The minimum atomic E-state index is 0.865. The fourth-order valence-corrected chi connectivity index (χ4v) is 1.61. The first-order valence-electron chi connectivity index (χ1n) is 5.72. The van der Waals surface area contributed by atoms with Crippen LogP contribution in [0.15, 0.2) is 18.3 Å². The highest BCUT2D eigenvalue weighted by Crippen LogP contribution is 2.04. The molecule has 0 bridgehead atoms. The molecule has 3 nitrogen and oxygen atoms in total. The van der Waals surface area contributed by atoms with E-state index in [-0.39, 0.29) is 0 Å². The molecule has 0 aliphatic heterocycles. The SMILES string of the molecule is CCNCc1cccn1CCCCOC. The van der Waals surface area contributed by atoms with E-state index < -0.39 is 0 Å². The van der Waals surface area contributed by atoms with Gasteiger partial charge in [0.15, 0.2) is 0 Å². The monoisotopic (exact) mass is 210 g/mol. The number of unbranched alkanes of at least 4 members (excludes halogenated alkanes) is 1. The predicted octanol–water partition coefficient (Wildman–Crippen LogP) is 2.02. The van der Waals surface area contributed by atoms with Crippen LogP contribution in [-0.2, 0) is 17.8 Å². The Morgan fingerprint density at radius 2 is 2.27 bits per heavy atom. The van der Waals surface area contributed by atoms with Crippen LogP contribution in [0.3, 0.4) is 0 Å². The van der Waals surface area contributed by atoms with Crippen LogP contribution in [0.5, 0.6) is 0 Å². The van der Waals surface area contributed by atoms with Crippen molar-refractivity contribution in [3.8, 4) is 0 Å². The summed E-state index contributed by atoms with van der Waals surface area (Å²) in [5.41, 5.74) is 1.37. The lowest BCUT2D eigenvalue weighted by molar-refractivity contribution is 0.191. The molecule has 1 heterocycles. The third kappa shape index (κ3) is 4.49. The number of rotatable bonds is 8. The van der Waals surface area contributed by atoms with Crippen molar-refractivity contribution in [2.24, 2.45) is 0 Å². The molecular formula is C12H22N2O. The van der Waals surface area contributed by atoms with E-state index >= 15 is 0 Å². The highest BCUT2D eigenvalue weighted by molar-refractivity contribution is 5.06. The van der Waals surface area contributed by atoms with Crippen molar-refractivity contribution in [2.75, 3.05) is 20.3 Å². The average molecular weight is 210 g/mol. The second kappa shape index (κ2) is 7.49. The largest absolute Gasteiger partial charge is 0.385 e. The van der Waals surface area contributed by atoms with Gasteiger partial charge in [-0.3, -0.25) is 0 Å². The fraction of sp³-hybridized carbons (Fsp3) is 0.667. The Labute approximate surface area is 92.4 Å². The van der Waals surface area contributed by atoms with Crippen molar-refractivity contribution in [3.63, 3.8) is 0 Å². The molecule has 0 aliphatic carbocycles. The second-order valence-corrected chi connectivity index (χ2v) is 3.67. The molecule has 0 aliphatic rings. The van der Waals surface area contributed by atoms with Crippen molar-refractivity contribution in [3.05, 3.63) is 24.0 Å². The molecule has 0 atom stereocenters. The van der Waals surface area contributed by atoms with Crippen molar-refractivity contribution < 1.29 is 4.74 Å². The van der Waals surface area contributed by atoms with Gasteiger partial charge in [-0.2, -0.15) is 0 Å². The molecule has 0 aromatic carbocycles. The van der Waals surface area contributed by atoms with Gasteiger partial charge in [0.1, 0.15) is 0 Å². The van der Waals surface area contributed by atoms with Crippen molar-refractivity contribution >= 4 is 0 Å². The maximum atomic E-state index is 5.03. The standard InChI is InChI=1S/C12H22N2O/c1-3-13-11-12-7-6-9-14(12)8-4-5-10-15-2/h6-7,9,13H,3-5,8,10-11H2,1-2H3. The van der Waals surface area contributed by atoms with Crippen molar-refractivity contribution in [2.45, 2.75) is 32.9 Å². The minimum Gasteiger partial charge on any atom is -0.385 e. The van der Waals surface area contributed by atoms with E-state index in [1.807, 2.05) is 0 Å². The van der Waals surface area contributed by atoms with E-state index in [1.54, 1.807) is 7.11 Å². The van der Waals surface area contributed by atoms with Gasteiger partial charge in [0.05, 0.1) is 0 Å². The lowest BCUT2D eigenvalue weighted by atomic mass is 10.3. The van der Waals surface area contributed by atoms with E-state index in [0.717, 1.165) is 32.7 Å². The number of hydrogen-bond acceptors (Lipinski definition) is 2. The molecule has 0 fully saturated rings. The van der Waals surface area contributed by atoms with Crippen LogP contribution in [0.4, 0.5) is 0 Å². The van der Waals surface area contributed by atoms with E-state index in [1.165, 1.54) is 12.1 Å². The smallest absolute Gasteiger partial charge is 0.0462 e. The van der Waals surface area contributed by atoms with E-state index in [9.17, 15) is 0 Å². The van der Waals surface area contributed by atoms with Gasteiger partial charge in [-0.1, -0.05) is 6.92 Å². The summed E-state index contributed by atoms with van der Waals surface area (Å²) in [6, 6.07) is 4.29. The summed E-state index contributed by atoms with van der Waals surface area (Å²) in [6.07, 6.45) is 4.47. The maximum Gasteiger partial charge on any atom is 0.0462 e. The Morgan fingerprint density at radius 1 is 1.40 bits per heavy atom. The number of hydrogen-bond donors (Lipinski definition) is 1. The van der Waals surface area contributed by atoms with Crippen LogP contribution >= 0.6 is 0 Å². The van der Waals surface area contributed by atoms with Crippen LogP contribution in [-0.4, -0.2) is 24.8 Å².